The fourth-order valence-corrected chi connectivity index (χ4v) is 8.85. The van der Waals surface area contributed by atoms with Gasteiger partial charge in [0.1, 0.15) is 12.4 Å². The van der Waals surface area contributed by atoms with Gasteiger partial charge in [0.15, 0.2) is 23.0 Å². The standard InChI is InChI=1S/C31H36N2O9S/c1-14-8-17-9-31(4,12-32(5)6)33-18-10-39-30(37)19(35)11-43-29(23(33)20(17)24(36)25(14)38-7)22-21(18)28-27(40-13-41-28)15(2)26(22)42-16(3)34/h8,18,23,29,36H,9-13H2,1-7H3/t18-,23+,29+,31-/m0/s1. The molecule has 4 heterocycles. The first-order chi connectivity index (χ1) is 20.4. The molecule has 4 aliphatic rings. The fraction of sp³-hybridized carbons (Fsp3) is 0.516. The lowest BCUT2D eigenvalue weighted by molar-refractivity contribution is -0.156. The molecule has 0 aromatic heterocycles. The molecule has 6 rings (SSSR count). The third-order valence-corrected chi connectivity index (χ3v) is 10.1. The van der Waals surface area contributed by atoms with Gasteiger partial charge in [0, 0.05) is 41.3 Å². The molecule has 0 unspecified atom stereocenters. The van der Waals surface area contributed by atoms with Gasteiger partial charge < -0.3 is 33.7 Å². The number of methoxy groups -OCH3 is 1. The van der Waals surface area contributed by atoms with E-state index >= 15 is 0 Å². The molecule has 43 heavy (non-hydrogen) atoms. The molecule has 0 saturated carbocycles. The van der Waals surface area contributed by atoms with Crippen LogP contribution in [0.3, 0.4) is 0 Å². The van der Waals surface area contributed by atoms with E-state index in [0.29, 0.717) is 58.2 Å². The monoisotopic (exact) mass is 612 g/mol. The average Bonchev–Trinajstić information content (AvgIpc) is 3.41. The van der Waals surface area contributed by atoms with E-state index in [1.807, 2.05) is 21.0 Å². The Kier molecular flexibility index (Phi) is 7.29. The maximum absolute atomic E-state index is 12.9. The summed E-state index contributed by atoms with van der Waals surface area (Å²) in [5.74, 6) is -0.541. The smallest absolute Gasteiger partial charge is 0.375 e. The molecule has 1 N–H and O–H groups in total. The van der Waals surface area contributed by atoms with Gasteiger partial charge in [-0.05, 0) is 52.4 Å². The van der Waals surface area contributed by atoms with E-state index in [1.165, 1.54) is 25.8 Å². The van der Waals surface area contributed by atoms with Crippen molar-refractivity contribution in [2.45, 2.75) is 57.0 Å². The van der Waals surface area contributed by atoms with Crippen LogP contribution in [0.1, 0.15) is 64.6 Å². The Bertz CT molecular complexity index is 1560. The normalized spacial score (nSPS) is 26.0. The van der Waals surface area contributed by atoms with Crippen LogP contribution >= 0.6 is 11.8 Å². The Balaban J connectivity index is 1.74. The average molecular weight is 613 g/mol. The number of Topliss-reactive ketones (excluding diaryl/α,β-unsaturated/α-hetero) is 1. The second-order valence-corrected chi connectivity index (χ2v) is 13.3. The van der Waals surface area contributed by atoms with Crippen molar-refractivity contribution in [1.82, 2.24) is 9.80 Å². The molecule has 4 atom stereocenters. The number of hydrogen-bond acceptors (Lipinski definition) is 12. The number of likely N-dealkylation sites (N-methyl/N-ethyl adjacent to an activating group) is 1. The number of aromatic hydroxyl groups is 1. The number of nitrogens with zero attached hydrogens (tertiary/aromatic N) is 2. The number of phenols is 1. The second-order valence-electron chi connectivity index (χ2n) is 12.1. The molecule has 230 valence electrons. The van der Waals surface area contributed by atoms with Crippen molar-refractivity contribution in [3.8, 4) is 28.7 Å². The summed E-state index contributed by atoms with van der Waals surface area (Å²) >= 11 is 1.26. The van der Waals surface area contributed by atoms with Crippen molar-refractivity contribution in [3.05, 3.63) is 39.4 Å². The summed E-state index contributed by atoms with van der Waals surface area (Å²) < 4.78 is 29.3. The molecular formula is C31H36N2O9S. The maximum atomic E-state index is 12.9. The van der Waals surface area contributed by atoms with Gasteiger partial charge >= 0.3 is 11.9 Å². The summed E-state index contributed by atoms with van der Waals surface area (Å²) in [6.45, 7) is 7.66. The third-order valence-electron chi connectivity index (χ3n) is 8.77. The maximum Gasteiger partial charge on any atom is 0.375 e. The summed E-state index contributed by atoms with van der Waals surface area (Å²) in [6.07, 6.45) is 0.577. The Morgan fingerprint density at radius 3 is 2.53 bits per heavy atom. The van der Waals surface area contributed by atoms with Crippen LogP contribution in [0.5, 0.6) is 28.7 Å². The molecule has 0 radical (unpaired) electrons. The predicted octanol–water partition coefficient (Wildman–Crippen LogP) is 3.55. The van der Waals surface area contributed by atoms with Crippen LogP contribution in [0.2, 0.25) is 0 Å². The zero-order valence-electron chi connectivity index (χ0n) is 25.4. The molecule has 2 aromatic rings. The third kappa shape index (κ3) is 4.53. The highest BCUT2D eigenvalue weighted by molar-refractivity contribution is 8.00. The van der Waals surface area contributed by atoms with Crippen molar-refractivity contribution in [2.24, 2.45) is 0 Å². The minimum absolute atomic E-state index is 0.0204. The first kappa shape index (κ1) is 29.6. The zero-order valence-corrected chi connectivity index (χ0v) is 26.2. The van der Waals surface area contributed by atoms with Crippen LogP contribution in [0.25, 0.3) is 0 Å². The molecule has 1 fully saturated rings. The number of carbonyl (C=O) groups excluding carboxylic acids is 3. The lowest BCUT2D eigenvalue weighted by Crippen LogP contribution is -2.62. The summed E-state index contributed by atoms with van der Waals surface area (Å²) in [7, 11) is 5.53. The number of thioether (sulfide) groups is 1. The number of esters is 2. The number of hydrogen-bond donors (Lipinski definition) is 1. The topological polar surface area (TPSA) is 124 Å². The largest absolute Gasteiger partial charge is 0.504 e. The lowest BCUT2D eigenvalue weighted by Gasteiger charge is -2.59. The van der Waals surface area contributed by atoms with Gasteiger partial charge in [-0.2, -0.15) is 0 Å². The Hall–Kier alpha value is -3.48. The fourth-order valence-electron chi connectivity index (χ4n) is 7.55. The molecule has 12 heteroatoms. The Labute approximate surface area is 254 Å². The van der Waals surface area contributed by atoms with Crippen LogP contribution in [0, 0.1) is 13.8 Å². The summed E-state index contributed by atoms with van der Waals surface area (Å²) in [6, 6.07) is 0.895. The van der Waals surface area contributed by atoms with Crippen molar-refractivity contribution in [3.63, 3.8) is 0 Å². The highest BCUT2D eigenvalue weighted by Crippen LogP contribution is 2.66. The molecule has 2 aromatic carbocycles. The molecule has 11 nitrogen and oxygen atoms in total. The van der Waals surface area contributed by atoms with Gasteiger partial charge in [-0.3, -0.25) is 14.5 Å². The van der Waals surface area contributed by atoms with E-state index in [4.69, 9.17) is 23.7 Å². The minimum Gasteiger partial charge on any atom is -0.504 e. The molecule has 1 saturated heterocycles. The van der Waals surface area contributed by atoms with Gasteiger partial charge in [-0.15, -0.1) is 11.8 Å². The quantitative estimate of drug-likeness (QED) is 0.309. The van der Waals surface area contributed by atoms with Gasteiger partial charge in [0.2, 0.25) is 12.6 Å². The lowest BCUT2D eigenvalue weighted by atomic mass is 9.71. The number of rotatable bonds is 4. The van der Waals surface area contributed by atoms with E-state index in [2.05, 4.69) is 22.8 Å². The number of benzene rings is 2. The van der Waals surface area contributed by atoms with E-state index < -0.39 is 40.6 Å². The number of aryl methyl sites for hydroxylation is 1. The van der Waals surface area contributed by atoms with Crippen molar-refractivity contribution in [1.29, 1.82) is 0 Å². The molecule has 0 aliphatic carbocycles. The molecule has 0 amide bonds. The van der Waals surface area contributed by atoms with E-state index in [-0.39, 0.29) is 24.9 Å². The highest BCUT2D eigenvalue weighted by atomic mass is 32.2. The van der Waals surface area contributed by atoms with E-state index in [0.717, 1.165) is 11.1 Å². The van der Waals surface area contributed by atoms with Crippen molar-refractivity contribution in [2.75, 3.05) is 46.9 Å². The number of ketones is 1. The summed E-state index contributed by atoms with van der Waals surface area (Å²) in [4.78, 5) is 42.6. The summed E-state index contributed by atoms with van der Waals surface area (Å²) in [5, 5.41) is 11.3. The number of carbonyl (C=O) groups is 3. The second kappa shape index (κ2) is 10.6. The van der Waals surface area contributed by atoms with Crippen LogP contribution in [-0.4, -0.2) is 85.1 Å². The van der Waals surface area contributed by atoms with Crippen molar-refractivity contribution >= 4 is 29.5 Å². The highest BCUT2D eigenvalue weighted by Gasteiger charge is 2.57. The van der Waals surface area contributed by atoms with Crippen LogP contribution < -0.4 is 18.9 Å². The van der Waals surface area contributed by atoms with Crippen molar-refractivity contribution < 1.29 is 43.2 Å². The first-order valence-electron chi connectivity index (χ1n) is 14.2. The van der Waals surface area contributed by atoms with E-state index in [1.54, 1.807) is 6.92 Å². The minimum atomic E-state index is -0.897. The van der Waals surface area contributed by atoms with Gasteiger partial charge in [-0.25, -0.2) is 4.79 Å². The van der Waals surface area contributed by atoms with Gasteiger partial charge in [0.25, 0.3) is 0 Å². The number of fused-ring (bicyclic) bond motifs is 6. The summed E-state index contributed by atoms with van der Waals surface area (Å²) in [5.41, 5.74) is 3.86. The zero-order chi connectivity index (χ0) is 31.0. The number of ether oxygens (including phenoxy) is 5. The van der Waals surface area contributed by atoms with E-state index in [9.17, 15) is 19.5 Å². The van der Waals surface area contributed by atoms with Gasteiger partial charge in [0.05, 0.1) is 30.2 Å². The number of phenolic OH excluding ortho intramolecular Hbond substituents is 1. The van der Waals surface area contributed by atoms with Crippen LogP contribution in [-0.2, 0) is 25.5 Å². The molecule has 0 spiro atoms. The van der Waals surface area contributed by atoms with Crippen LogP contribution in [0.15, 0.2) is 6.07 Å². The van der Waals surface area contributed by atoms with Gasteiger partial charge in [-0.1, -0.05) is 6.07 Å². The molecular weight excluding hydrogens is 576 g/mol. The van der Waals surface area contributed by atoms with Crippen LogP contribution in [0.4, 0.5) is 0 Å². The predicted molar refractivity (Wildman–Crippen MR) is 157 cm³/mol. The first-order valence-corrected chi connectivity index (χ1v) is 15.2. The number of cyclic esters (lactones) is 1. The Morgan fingerprint density at radius 1 is 1.14 bits per heavy atom. The molecule has 2 bridgehead atoms. The SMILES string of the molecule is COc1c(C)cc2c(c1O)[C@@H]1[C@@H]3SCC(=O)C(=O)OC[C@@H](c4c5c(c(C)c(OC(C)=O)c43)OCO5)N1[C@](C)(CN(C)C)C2. The Morgan fingerprint density at radius 2 is 1.86 bits per heavy atom. The molecule has 4 aliphatic heterocycles.